The minimum absolute atomic E-state index is 0.507. The molecule has 0 bridgehead atoms. The highest BCUT2D eigenvalue weighted by Gasteiger charge is 2.26. The second kappa shape index (κ2) is 5.47. The van der Waals surface area contributed by atoms with Crippen LogP contribution < -0.4 is 10.6 Å². The van der Waals surface area contributed by atoms with E-state index in [1.165, 1.54) is 12.8 Å². The smallest absolute Gasteiger partial charge is 0.224 e. The molecule has 8 nitrogen and oxygen atoms in total. The fourth-order valence-corrected chi connectivity index (χ4v) is 2.13. The van der Waals surface area contributed by atoms with Gasteiger partial charge in [-0.3, -0.25) is 5.10 Å². The van der Waals surface area contributed by atoms with Gasteiger partial charge in [0.15, 0.2) is 5.76 Å². The van der Waals surface area contributed by atoms with Gasteiger partial charge in [0, 0.05) is 24.2 Å². The first-order valence-electron chi connectivity index (χ1n) is 7.15. The molecule has 8 heteroatoms. The Kier molecular flexibility index (Phi) is 3.19. The Balaban J connectivity index is 1.39. The second-order valence-corrected chi connectivity index (χ2v) is 5.21. The average molecular weight is 297 g/mol. The molecular weight excluding hydrogens is 282 g/mol. The summed E-state index contributed by atoms with van der Waals surface area (Å²) in [7, 11) is 0. The van der Waals surface area contributed by atoms with Crippen LogP contribution in [-0.4, -0.2) is 25.3 Å². The standard InChI is InChI=1S/C14H15N7O/c1-2-9(1)11-7-10(22-21-11)8-16-14-15-5-3-12(19-14)18-13-4-6-17-20-13/h3-7,9H,1-2,8H2,(H3,15,16,17,18,19,20). The van der Waals surface area contributed by atoms with Crippen molar-refractivity contribution in [2.75, 3.05) is 10.6 Å². The molecule has 112 valence electrons. The largest absolute Gasteiger partial charge is 0.359 e. The number of nitrogens with zero attached hydrogens (tertiary/aromatic N) is 4. The zero-order valence-corrected chi connectivity index (χ0v) is 11.8. The predicted molar refractivity (Wildman–Crippen MR) is 79.7 cm³/mol. The first-order chi connectivity index (χ1) is 10.9. The van der Waals surface area contributed by atoms with Gasteiger partial charge in [0.25, 0.3) is 0 Å². The lowest BCUT2D eigenvalue weighted by Crippen LogP contribution is -2.04. The minimum Gasteiger partial charge on any atom is -0.359 e. The van der Waals surface area contributed by atoms with E-state index in [-0.39, 0.29) is 0 Å². The van der Waals surface area contributed by atoms with Crippen molar-refractivity contribution in [1.29, 1.82) is 0 Å². The molecule has 0 unspecified atom stereocenters. The van der Waals surface area contributed by atoms with E-state index in [2.05, 4.69) is 36.0 Å². The van der Waals surface area contributed by atoms with E-state index in [0.29, 0.717) is 24.2 Å². The predicted octanol–water partition coefficient (Wildman–Crippen LogP) is 2.42. The Labute approximate surface area is 126 Å². The molecule has 4 rings (SSSR count). The lowest BCUT2D eigenvalue weighted by atomic mass is 10.3. The van der Waals surface area contributed by atoms with Crippen molar-refractivity contribution >= 4 is 17.6 Å². The molecule has 0 radical (unpaired) electrons. The van der Waals surface area contributed by atoms with Gasteiger partial charge in [-0.15, -0.1) is 0 Å². The quantitative estimate of drug-likeness (QED) is 0.641. The van der Waals surface area contributed by atoms with Gasteiger partial charge in [-0.05, 0) is 18.9 Å². The third-order valence-corrected chi connectivity index (χ3v) is 3.41. The van der Waals surface area contributed by atoms with E-state index < -0.39 is 0 Å². The Morgan fingerprint density at radius 1 is 1.27 bits per heavy atom. The Morgan fingerprint density at radius 3 is 3.05 bits per heavy atom. The summed E-state index contributed by atoms with van der Waals surface area (Å²) in [5, 5.41) is 17.0. The van der Waals surface area contributed by atoms with E-state index in [1.54, 1.807) is 18.5 Å². The molecule has 3 aromatic heterocycles. The molecule has 3 heterocycles. The average Bonchev–Trinajstić information content (AvgIpc) is 3.06. The van der Waals surface area contributed by atoms with Gasteiger partial charge in [-0.25, -0.2) is 4.98 Å². The molecule has 1 aliphatic carbocycles. The fraction of sp³-hybridized carbons (Fsp3) is 0.286. The molecule has 22 heavy (non-hydrogen) atoms. The molecule has 3 aromatic rings. The summed E-state index contributed by atoms with van der Waals surface area (Å²) in [6.07, 6.45) is 5.78. The first-order valence-corrected chi connectivity index (χ1v) is 7.15. The number of H-pyrrole nitrogens is 1. The van der Waals surface area contributed by atoms with Gasteiger partial charge in [-0.1, -0.05) is 5.16 Å². The van der Waals surface area contributed by atoms with Crippen molar-refractivity contribution in [2.24, 2.45) is 0 Å². The molecule has 0 spiro atoms. The number of anilines is 3. The molecule has 0 amide bonds. The van der Waals surface area contributed by atoms with Crippen LogP contribution in [0.4, 0.5) is 17.6 Å². The Morgan fingerprint density at radius 2 is 2.23 bits per heavy atom. The van der Waals surface area contributed by atoms with Crippen LogP contribution in [0.15, 0.2) is 35.1 Å². The van der Waals surface area contributed by atoms with Gasteiger partial charge >= 0.3 is 0 Å². The normalized spacial score (nSPS) is 14.0. The maximum absolute atomic E-state index is 5.31. The molecule has 1 aliphatic rings. The molecule has 0 aliphatic heterocycles. The van der Waals surface area contributed by atoms with Crippen LogP contribution in [0.1, 0.15) is 30.2 Å². The van der Waals surface area contributed by atoms with Crippen molar-refractivity contribution in [3.8, 4) is 0 Å². The Hall–Kier alpha value is -2.90. The van der Waals surface area contributed by atoms with Gasteiger partial charge in [0.2, 0.25) is 5.95 Å². The van der Waals surface area contributed by atoms with Crippen LogP contribution in [0.2, 0.25) is 0 Å². The van der Waals surface area contributed by atoms with E-state index in [4.69, 9.17) is 4.52 Å². The van der Waals surface area contributed by atoms with Crippen molar-refractivity contribution < 1.29 is 4.52 Å². The lowest BCUT2D eigenvalue weighted by Gasteiger charge is -2.05. The van der Waals surface area contributed by atoms with Crippen LogP contribution in [0, 0.1) is 0 Å². The van der Waals surface area contributed by atoms with Gasteiger partial charge in [-0.2, -0.15) is 10.1 Å². The molecular formula is C14H15N7O. The molecule has 3 N–H and O–H groups in total. The number of hydrogen-bond donors (Lipinski definition) is 3. The first kappa shape index (κ1) is 12.8. The Bertz CT molecular complexity index is 748. The second-order valence-electron chi connectivity index (χ2n) is 5.21. The lowest BCUT2D eigenvalue weighted by molar-refractivity contribution is 0.381. The third-order valence-electron chi connectivity index (χ3n) is 3.41. The van der Waals surface area contributed by atoms with Crippen molar-refractivity contribution in [1.82, 2.24) is 25.3 Å². The molecule has 1 fully saturated rings. The summed E-state index contributed by atoms with van der Waals surface area (Å²) in [5.74, 6) is 3.36. The fourth-order valence-electron chi connectivity index (χ4n) is 2.13. The number of aromatic amines is 1. The van der Waals surface area contributed by atoms with E-state index >= 15 is 0 Å². The van der Waals surface area contributed by atoms with Crippen LogP contribution in [0.3, 0.4) is 0 Å². The summed E-state index contributed by atoms with van der Waals surface area (Å²) < 4.78 is 5.31. The molecule has 0 saturated heterocycles. The maximum Gasteiger partial charge on any atom is 0.224 e. The van der Waals surface area contributed by atoms with Crippen molar-refractivity contribution in [3.63, 3.8) is 0 Å². The van der Waals surface area contributed by atoms with Crippen LogP contribution in [0.25, 0.3) is 0 Å². The topological polar surface area (TPSA) is 105 Å². The zero-order valence-electron chi connectivity index (χ0n) is 11.8. The van der Waals surface area contributed by atoms with Crippen molar-refractivity contribution in [3.05, 3.63) is 42.0 Å². The van der Waals surface area contributed by atoms with Gasteiger partial charge in [0.05, 0.1) is 18.4 Å². The number of rotatable bonds is 6. The summed E-state index contributed by atoms with van der Waals surface area (Å²) in [6.45, 7) is 0.507. The molecule has 0 atom stereocenters. The van der Waals surface area contributed by atoms with Crippen molar-refractivity contribution in [2.45, 2.75) is 25.3 Å². The monoisotopic (exact) mass is 297 g/mol. The van der Waals surface area contributed by atoms with Crippen LogP contribution >= 0.6 is 0 Å². The maximum atomic E-state index is 5.31. The SMILES string of the molecule is c1cc(Nc2ccnc(NCc3cc(C4CC4)no3)n2)[nH]n1. The van der Waals surface area contributed by atoms with Crippen LogP contribution in [-0.2, 0) is 6.54 Å². The summed E-state index contributed by atoms with van der Waals surface area (Å²) in [5.41, 5.74) is 1.05. The highest BCUT2D eigenvalue weighted by molar-refractivity contribution is 5.51. The number of nitrogens with one attached hydrogen (secondary N) is 3. The summed E-state index contributed by atoms with van der Waals surface area (Å²) >= 11 is 0. The van der Waals surface area contributed by atoms with Gasteiger partial charge < -0.3 is 15.2 Å². The summed E-state index contributed by atoms with van der Waals surface area (Å²) in [6, 6.07) is 5.60. The molecule has 0 aromatic carbocycles. The zero-order chi connectivity index (χ0) is 14.8. The number of aromatic nitrogens is 5. The highest BCUT2D eigenvalue weighted by atomic mass is 16.5. The van der Waals surface area contributed by atoms with Crippen LogP contribution in [0.5, 0.6) is 0 Å². The van der Waals surface area contributed by atoms with E-state index in [9.17, 15) is 0 Å². The molecule has 1 saturated carbocycles. The van der Waals surface area contributed by atoms with Gasteiger partial charge in [0.1, 0.15) is 11.6 Å². The minimum atomic E-state index is 0.507. The summed E-state index contributed by atoms with van der Waals surface area (Å²) in [4.78, 5) is 8.56. The third kappa shape index (κ3) is 2.90. The highest BCUT2D eigenvalue weighted by Crippen LogP contribution is 2.39. The number of hydrogen-bond acceptors (Lipinski definition) is 7. The van der Waals surface area contributed by atoms with E-state index in [1.807, 2.05) is 12.1 Å². The van der Waals surface area contributed by atoms with E-state index in [0.717, 1.165) is 17.3 Å².